The summed E-state index contributed by atoms with van der Waals surface area (Å²) in [5, 5.41) is 26.0. The second-order valence-electron chi connectivity index (χ2n) is 17.9. The zero-order valence-corrected chi connectivity index (χ0v) is 43.2. The van der Waals surface area contributed by atoms with Crippen LogP contribution in [0.2, 0.25) is 0 Å². The summed E-state index contributed by atoms with van der Waals surface area (Å²) in [6, 6.07) is 16.4. The molecule has 8 N–H and O–H groups in total. The van der Waals surface area contributed by atoms with E-state index in [0.717, 1.165) is 91.5 Å². The van der Waals surface area contributed by atoms with E-state index in [2.05, 4.69) is 82.9 Å². The van der Waals surface area contributed by atoms with Crippen molar-refractivity contribution in [3.63, 3.8) is 0 Å². The monoisotopic (exact) mass is 1080 g/mol. The van der Waals surface area contributed by atoms with E-state index in [4.69, 9.17) is 20.1 Å². The molecule has 4 aliphatic heterocycles. The SMILES string of the molecule is CCN1CCCc2cc3c(cc21)Oc1cc2c(cc1=C3c1ccccc1C(=O)N(C)CCCC(=O)NCC#Cc1cn([C@@H]3O[C@H](COP(=O)(O)OP(=O)(O)OP(=O)([O-])O)[C@@H](O)[C@H]3O)c(=O)nc1N)CCC[N+]=2CC. The van der Waals surface area contributed by atoms with Crippen molar-refractivity contribution in [3.05, 3.63) is 109 Å². The van der Waals surface area contributed by atoms with Crippen LogP contribution in [0, 0.1) is 11.8 Å². The molecule has 2 amide bonds. The summed E-state index contributed by atoms with van der Waals surface area (Å²) in [7, 11) is -15.8. The number of benzene rings is 3. The first-order valence-corrected chi connectivity index (χ1v) is 28.2. The van der Waals surface area contributed by atoms with Gasteiger partial charge in [-0.25, -0.2) is 22.8 Å². The van der Waals surface area contributed by atoms with Crippen molar-refractivity contribution in [2.24, 2.45) is 0 Å². The lowest BCUT2D eigenvalue weighted by molar-refractivity contribution is -0.212. The molecule has 4 aromatic rings. The predicted octanol–water partition coefficient (Wildman–Crippen LogP) is 0.759. The molecule has 4 aliphatic rings. The molecule has 0 saturated carbocycles. The summed E-state index contributed by atoms with van der Waals surface area (Å²) < 4.78 is 61.5. The molecule has 0 radical (unpaired) electrons. The van der Waals surface area contributed by atoms with Gasteiger partial charge in [0.15, 0.2) is 6.23 Å². The van der Waals surface area contributed by atoms with Crippen molar-refractivity contribution >= 4 is 52.4 Å². The Bertz CT molecular complexity index is 3280. The number of aliphatic hydroxyl groups excluding tert-OH is 2. The number of nitrogen functional groups attached to an aromatic ring is 1. The van der Waals surface area contributed by atoms with Crippen LogP contribution in [0.4, 0.5) is 11.5 Å². The summed E-state index contributed by atoms with van der Waals surface area (Å²) in [5.74, 6) is 5.93. The fourth-order valence-electron chi connectivity index (χ4n) is 9.51. The van der Waals surface area contributed by atoms with Gasteiger partial charge in [-0.2, -0.15) is 9.29 Å². The smallest absolute Gasteiger partial charge is 0.487 e. The summed E-state index contributed by atoms with van der Waals surface area (Å²) >= 11 is 0. The maximum Gasteiger partial charge on any atom is 0.487 e. The van der Waals surface area contributed by atoms with E-state index < -0.39 is 60.3 Å². The van der Waals surface area contributed by atoms with Crippen molar-refractivity contribution in [3.8, 4) is 23.3 Å². The molecule has 5 heterocycles. The maximum absolute atomic E-state index is 14.4. The van der Waals surface area contributed by atoms with E-state index in [-0.39, 0.29) is 42.7 Å². The van der Waals surface area contributed by atoms with Crippen LogP contribution >= 0.6 is 23.5 Å². The second kappa shape index (κ2) is 22.3. The van der Waals surface area contributed by atoms with Crippen LogP contribution in [0.3, 0.4) is 0 Å². The Morgan fingerprint density at radius 3 is 2.50 bits per heavy atom. The van der Waals surface area contributed by atoms with Crippen LogP contribution in [-0.2, 0) is 49.2 Å². The third-order valence-corrected chi connectivity index (χ3v) is 16.8. The van der Waals surface area contributed by atoms with E-state index in [1.165, 1.54) is 22.2 Å². The van der Waals surface area contributed by atoms with Gasteiger partial charge in [0.05, 0.1) is 24.8 Å². The van der Waals surface area contributed by atoms with E-state index >= 15 is 0 Å². The molecule has 0 spiro atoms. The highest BCUT2D eigenvalue weighted by Crippen LogP contribution is 2.65. The number of phosphoric ester groups is 1. The highest BCUT2D eigenvalue weighted by molar-refractivity contribution is 7.66. The number of ether oxygens (including phenoxy) is 2. The van der Waals surface area contributed by atoms with E-state index in [1.54, 1.807) is 11.9 Å². The fraction of sp³-hybridized carbons (Fsp3) is 0.426. The number of nitrogens with two attached hydrogens (primary N) is 1. The number of aryl methyl sites for hydroxylation is 2. The fourth-order valence-corrected chi connectivity index (χ4v) is 12.5. The first kappa shape index (κ1) is 54.7. The first-order valence-electron chi connectivity index (χ1n) is 23.7. The molecular weight excluding hydrogens is 1030 g/mol. The molecule has 8 rings (SSSR count). The average Bonchev–Trinajstić information content (AvgIpc) is 3.62. The first-order chi connectivity index (χ1) is 35.1. The number of rotatable bonds is 17. The Balaban J connectivity index is 0.912. The van der Waals surface area contributed by atoms with Gasteiger partial charge < -0.3 is 60.1 Å². The Hall–Kier alpha value is -5.60. The average molecular weight is 1080 g/mol. The van der Waals surface area contributed by atoms with Crippen molar-refractivity contribution in [2.75, 3.05) is 63.6 Å². The molecule has 7 atom stereocenters. The molecule has 1 aromatic heterocycles. The standard InChI is InChI=1S/C47H56N7O17P3/c1-4-52-20-9-13-28-22-33-37(24-35(28)52)68-38-25-36-29(14-10-21-53(36)5-2)23-34(38)41(33)31-15-6-7-16-32(31)45(58)51(3)19-11-17-40(55)49-18-8-12-30-26-54(47(59)50-44(30)48)46-43(57)42(56)39(69-46)27-67-73(63,64)71-74(65,66)70-72(60,61)62/h6-7,15-16,22-26,39,42-43,46,56-57H,4-5,9-11,13-14,17-21,27H2,1-3H3,(H6-,48,49,50,55,59,60,61,62,63,64,65,66)/t39-,42-,43-,46-/m1/s1. The van der Waals surface area contributed by atoms with Crippen LogP contribution in [0.15, 0.2) is 59.5 Å². The summed E-state index contributed by atoms with van der Waals surface area (Å²) in [6.45, 7) is 6.95. The zero-order chi connectivity index (χ0) is 53.3. The van der Waals surface area contributed by atoms with Gasteiger partial charge in [-0.05, 0) is 68.9 Å². The van der Waals surface area contributed by atoms with Crippen LogP contribution in [0.5, 0.6) is 11.5 Å². The van der Waals surface area contributed by atoms with Gasteiger partial charge in [0.2, 0.25) is 11.3 Å². The Morgan fingerprint density at radius 2 is 1.76 bits per heavy atom. The number of fused-ring (bicyclic) bond motifs is 4. The second-order valence-corrected chi connectivity index (χ2v) is 22.3. The van der Waals surface area contributed by atoms with Gasteiger partial charge in [-0.15, -0.1) is 0 Å². The number of phosphoric acid groups is 3. The molecule has 3 aromatic carbocycles. The summed E-state index contributed by atoms with van der Waals surface area (Å²) in [5.41, 5.74) is 11.6. The number of carbonyl (C=O) groups excluding carboxylic acids is 2. The number of anilines is 2. The molecule has 396 valence electrons. The number of aliphatic hydroxyl groups is 2. The van der Waals surface area contributed by atoms with Crippen molar-refractivity contribution in [1.29, 1.82) is 0 Å². The normalized spacial score (nSPS) is 21.3. The Morgan fingerprint density at radius 1 is 1.00 bits per heavy atom. The van der Waals surface area contributed by atoms with Crippen LogP contribution in [-0.4, -0.2) is 122 Å². The lowest BCUT2D eigenvalue weighted by atomic mass is 9.86. The third kappa shape index (κ3) is 12.2. The molecule has 3 unspecified atom stereocenters. The summed E-state index contributed by atoms with van der Waals surface area (Å²) in [4.78, 5) is 86.3. The molecule has 24 nitrogen and oxygen atoms in total. The summed E-state index contributed by atoms with van der Waals surface area (Å²) in [6.07, 6.45) is -1.88. The minimum Gasteiger partial charge on any atom is -0.756 e. The predicted molar refractivity (Wildman–Crippen MR) is 264 cm³/mol. The third-order valence-electron chi connectivity index (χ3n) is 13.0. The van der Waals surface area contributed by atoms with Crippen LogP contribution in [0.25, 0.3) is 5.57 Å². The minimum absolute atomic E-state index is 0.0463. The zero-order valence-electron chi connectivity index (χ0n) is 40.5. The van der Waals surface area contributed by atoms with Crippen LogP contribution < -0.4 is 46.4 Å². The molecule has 0 aliphatic carbocycles. The van der Waals surface area contributed by atoms with Gasteiger partial charge >= 0.3 is 21.3 Å². The van der Waals surface area contributed by atoms with Gasteiger partial charge in [0, 0.05) is 85.0 Å². The van der Waals surface area contributed by atoms with E-state index in [0.29, 0.717) is 16.6 Å². The highest BCUT2D eigenvalue weighted by Gasteiger charge is 2.46. The molecule has 1 fully saturated rings. The molecule has 74 heavy (non-hydrogen) atoms. The van der Waals surface area contributed by atoms with E-state index in [9.17, 15) is 53.0 Å². The van der Waals surface area contributed by atoms with Gasteiger partial charge in [0.25, 0.3) is 13.7 Å². The van der Waals surface area contributed by atoms with Crippen molar-refractivity contribution in [2.45, 2.75) is 76.9 Å². The van der Waals surface area contributed by atoms with Gasteiger partial charge in [-0.1, -0.05) is 30.0 Å². The number of nitrogens with one attached hydrogen (secondary N) is 1. The Labute approximate surface area is 424 Å². The molecular formula is C47H56N7O17P3. The maximum atomic E-state index is 14.4. The largest absolute Gasteiger partial charge is 0.756 e. The molecule has 1 saturated heterocycles. The number of hydrogen-bond donors (Lipinski definition) is 7. The lowest BCUT2D eigenvalue weighted by Gasteiger charge is -2.33. The molecule has 27 heteroatoms. The minimum atomic E-state index is -5.91. The van der Waals surface area contributed by atoms with Gasteiger partial charge in [0.1, 0.15) is 48.7 Å². The number of amides is 2. The Kier molecular flexibility index (Phi) is 16.5. The van der Waals surface area contributed by atoms with Crippen LogP contribution in [0.1, 0.15) is 83.9 Å². The van der Waals surface area contributed by atoms with Crippen molar-refractivity contribution < 1.29 is 75.7 Å². The highest BCUT2D eigenvalue weighted by atomic mass is 31.3. The number of hydrogen-bond acceptors (Lipinski definition) is 17. The topological polar surface area (TPSA) is 338 Å². The lowest BCUT2D eigenvalue weighted by Crippen LogP contribution is -2.39. The molecule has 0 bridgehead atoms. The van der Waals surface area contributed by atoms with Crippen molar-refractivity contribution in [1.82, 2.24) is 24.3 Å². The number of carbonyl (C=O) groups is 2. The van der Waals surface area contributed by atoms with E-state index in [1.807, 2.05) is 24.3 Å². The number of aromatic nitrogens is 2. The number of nitrogens with zero attached hydrogens (tertiary/aromatic N) is 5. The van der Waals surface area contributed by atoms with Gasteiger partial charge in [-0.3, -0.25) is 23.2 Å². The quantitative estimate of drug-likeness (QED) is 0.0384.